The normalized spacial score (nSPS) is 22.2. The maximum Gasteiger partial charge on any atom is 0.291 e. The monoisotopic (exact) mass is 419 g/mol. The molecule has 1 amide bonds. The first-order valence-electron chi connectivity index (χ1n) is 11.1. The van der Waals surface area contributed by atoms with Gasteiger partial charge in [0.05, 0.1) is 11.9 Å². The molecule has 0 bridgehead atoms. The predicted molar refractivity (Wildman–Crippen MR) is 120 cm³/mol. The third-order valence-electron chi connectivity index (χ3n) is 6.67. The van der Waals surface area contributed by atoms with Gasteiger partial charge in [-0.25, -0.2) is 9.50 Å². The molecule has 0 radical (unpaired) electrons. The van der Waals surface area contributed by atoms with Crippen LogP contribution in [0.25, 0.3) is 5.65 Å². The molecule has 5 rings (SSSR count). The molecule has 2 aliphatic heterocycles. The van der Waals surface area contributed by atoms with E-state index in [0.717, 1.165) is 49.2 Å². The van der Waals surface area contributed by atoms with Crippen molar-refractivity contribution in [2.24, 2.45) is 0 Å². The van der Waals surface area contributed by atoms with Gasteiger partial charge in [-0.2, -0.15) is 0 Å². The number of nitrogens with one attached hydrogen (secondary N) is 1. The van der Waals surface area contributed by atoms with E-state index in [1.807, 2.05) is 13.1 Å². The van der Waals surface area contributed by atoms with Crippen LogP contribution < -0.4 is 10.2 Å². The molecule has 31 heavy (non-hydrogen) atoms. The third kappa shape index (κ3) is 3.90. The Morgan fingerprint density at radius 1 is 1.23 bits per heavy atom. The smallest absolute Gasteiger partial charge is 0.291 e. The van der Waals surface area contributed by atoms with Crippen molar-refractivity contribution in [3.8, 4) is 0 Å². The third-order valence-corrected chi connectivity index (χ3v) is 6.67. The van der Waals surface area contributed by atoms with Crippen LogP contribution in [0.4, 0.5) is 5.69 Å². The van der Waals surface area contributed by atoms with Crippen molar-refractivity contribution in [2.45, 2.75) is 44.6 Å². The molecule has 0 aliphatic carbocycles. The lowest BCUT2D eigenvalue weighted by atomic mass is 9.82. The number of carbonyl (C=O) groups excluding carboxylic acids is 1. The van der Waals surface area contributed by atoms with Crippen molar-refractivity contribution in [3.63, 3.8) is 0 Å². The van der Waals surface area contributed by atoms with E-state index >= 15 is 0 Å². The summed E-state index contributed by atoms with van der Waals surface area (Å²) in [4.78, 5) is 19.6. The Balaban J connectivity index is 1.37. The van der Waals surface area contributed by atoms with Crippen LogP contribution in [-0.2, 0) is 10.2 Å². The maximum absolute atomic E-state index is 12.7. The fourth-order valence-corrected chi connectivity index (χ4v) is 4.75. The molecule has 2 fully saturated rings. The summed E-state index contributed by atoms with van der Waals surface area (Å²) in [5.41, 5.74) is 4.37. The van der Waals surface area contributed by atoms with Crippen LogP contribution in [-0.4, -0.2) is 52.9 Å². The second kappa shape index (κ2) is 7.96. The van der Waals surface area contributed by atoms with E-state index in [4.69, 9.17) is 4.74 Å². The molecule has 4 heterocycles. The number of hydrogen-bond acceptors (Lipinski definition) is 5. The van der Waals surface area contributed by atoms with Crippen LogP contribution in [0.1, 0.15) is 47.9 Å². The topological polar surface area (TPSA) is 71.8 Å². The highest BCUT2D eigenvalue weighted by Crippen LogP contribution is 2.36. The number of aryl methyl sites for hydroxylation is 1. The molecule has 2 aromatic heterocycles. The average molecular weight is 420 g/mol. The van der Waals surface area contributed by atoms with E-state index in [-0.39, 0.29) is 23.2 Å². The lowest BCUT2D eigenvalue weighted by molar-refractivity contribution is 0.0691. The fourth-order valence-electron chi connectivity index (χ4n) is 4.75. The maximum atomic E-state index is 12.7. The quantitative estimate of drug-likeness (QED) is 0.704. The highest BCUT2D eigenvalue weighted by atomic mass is 16.5. The van der Waals surface area contributed by atoms with Gasteiger partial charge in [-0.15, -0.1) is 5.10 Å². The van der Waals surface area contributed by atoms with Gasteiger partial charge < -0.3 is 15.0 Å². The van der Waals surface area contributed by atoms with E-state index in [2.05, 4.69) is 63.6 Å². The fraction of sp³-hybridized carbons (Fsp3) is 0.458. The summed E-state index contributed by atoms with van der Waals surface area (Å²) in [6, 6.07) is 13.0. The number of carbonyl (C=O) groups is 1. The largest absolute Gasteiger partial charge is 0.381 e. The number of fused-ring (bicyclic) bond motifs is 1. The zero-order valence-corrected chi connectivity index (χ0v) is 18.2. The Bertz CT molecular complexity index is 1090. The van der Waals surface area contributed by atoms with Crippen molar-refractivity contribution in [1.29, 1.82) is 0 Å². The van der Waals surface area contributed by atoms with Crippen LogP contribution >= 0.6 is 0 Å². The Hall–Kier alpha value is -2.93. The number of hydrogen-bond donors (Lipinski definition) is 1. The van der Waals surface area contributed by atoms with Gasteiger partial charge in [-0.1, -0.05) is 37.3 Å². The minimum absolute atomic E-state index is 0.126. The highest BCUT2D eigenvalue weighted by Gasteiger charge is 2.35. The van der Waals surface area contributed by atoms with E-state index in [1.54, 1.807) is 4.52 Å². The van der Waals surface area contributed by atoms with E-state index < -0.39 is 0 Å². The van der Waals surface area contributed by atoms with Crippen LogP contribution in [0.3, 0.4) is 0 Å². The second-order valence-electron chi connectivity index (χ2n) is 9.04. The first-order valence-corrected chi connectivity index (χ1v) is 11.1. The van der Waals surface area contributed by atoms with Gasteiger partial charge in [-0.05, 0) is 43.4 Å². The summed E-state index contributed by atoms with van der Waals surface area (Å²) in [7, 11) is 0. The number of nitrogens with zero attached hydrogens (tertiary/aromatic N) is 4. The van der Waals surface area contributed by atoms with Crippen molar-refractivity contribution in [3.05, 3.63) is 59.5 Å². The molecule has 2 saturated heterocycles. The van der Waals surface area contributed by atoms with Crippen LogP contribution in [0.2, 0.25) is 0 Å². The first kappa shape index (κ1) is 20.0. The van der Waals surface area contributed by atoms with Crippen molar-refractivity contribution in [2.75, 3.05) is 31.2 Å². The Kier molecular flexibility index (Phi) is 5.14. The minimum Gasteiger partial charge on any atom is -0.381 e. The van der Waals surface area contributed by atoms with E-state index in [1.165, 1.54) is 5.56 Å². The van der Waals surface area contributed by atoms with Gasteiger partial charge in [0.2, 0.25) is 5.82 Å². The van der Waals surface area contributed by atoms with Gasteiger partial charge in [0.1, 0.15) is 0 Å². The first-order chi connectivity index (χ1) is 15.0. The number of benzene rings is 1. The average Bonchev–Trinajstić information content (AvgIpc) is 3.40. The molecule has 1 atom stereocenters. The lowest BCUT2D eigenvalue weighted by Crippen LogP contribution is -2.39. The Morgan fingerprint density at radius 2 is 2.00 bits per heavy atom. The predicted octanol–water partition coefficient (Wildman–Crippen LogP) is 3.11. The summed E-state index contributed by atoms with van der Waals surface area (Å²) in [6.07, 6.45) is 4.76. The molecular weight excluding hydrogens is 390 g/mol. The van der Waals surface area contributed by atoms with Crippen molar-refractivity contribution >= 4 is 17.2 Å². The number of anilines is 1. The SMILES string of the molecule is Cc1cc(N2CC[C@](C)(c3ccccc3)C2)cn2nc(C(=O)NC3CCOCC3)nc12. The second-order valence-corrected chi connectivity index (χ2v) is 9.04. The van der Waals surface area contributed by atoms with Crippen molar-refractivity contribution < 1.29 is 9.53 Å². The van der Waals surface area contributed by atoms with Gasteiger partial charge in [0.25, 0.3) is 5.91 Å². The standard InChI is InChI=1S/C24H29N5O2/c1-17-14-20(28-11-10-24(2,16-28)18-6-4-3-5-7-18)15-29-22(17)26-21(27-29)23(30)25-19-8-12-31-13-9-19/h3-7,14-15,19H,8-13,16H2,1-2H3,(H,25,30)/t24-/m0/s1. The molecule has 7 nitrogen and oxygen atoms in total. The molecule has 2 aliphatic rings. The van der Waals surface area contributed by atoms with Gasteiger partial charge >= 0.3 is 0 Å². The highest BCUT2D eigenvalue weighted by molar-refractivity contribution is 5.91. The molecule has 7 heteroatoms. The van der Waals surface area contributed by atoms with Gasteiger partial charge in [0.15, 0.2) is 5.65 Å². The number of rotatable bonds is 4. The lowest BCUT2D eigenvalue weighted by Gasteiger charge is -2.26. The van der Waals surface area contributed by atoms with Crippen LogP contribution in [0.15, 0.2) is 42.6 Å². The zero-order chi connectivity index (χ0) is 21.4. The Labute approximate surface area is 182 Å². The summed E-state index contributed by atoms with van der Waals surface area (Å²) in [6.45, 7) is 7.67. The van der Waals surface area contributed by atoms with E-state index in [0.29, 0.717) is 13.2 Å². The summed E-state index contributed by atoms with van der Waals surface area (Å²) in [5.74, 6) is 0.0108. The Morgan fingerprint density at radius 3 is 2.77 bits per heavy atom. The van der Waals surface area contributed by atoms with Crippen LogP contribution in [0.5, 0.6) is 0 Å². The van der Waals surface area contributed by atoms with Gasteiger partial charge in [-0.3, -0.25) is 4.79 Å². The summed E-state index contributed by atoms with van der Waals surface area (Å²) >= 11 is 0. The van der Waals surface area contributed by atoms with E-state index in [9.17, 15) is 4.79 Å². The molecule has 162 valence electrons. The number of aromatic nitrogens is 3. The molecule has 0 saturated carbocycles. The number of amides is 1. The van der Waals surface area contributed by atoms with Crippen LogP contribution in [0, 0.1) is 6.92 Å². The number of pyridine rings is 1. The van der Waals surface area contributed by atoms with Gasteiger partial charge in [0, 0.05) is 37.8 Å². The zero-order valence-electron chi connectivity index (χ0n) is 18.2. The molecule has 0 unspecified atom stereocenters. The van der Waals surface area contributed by atoms with Crippen molar-refractivity contribution in [1.82, 2.24) is 19.9 Å². The number of ether oxygens (including phenoxy) is 1. The molecular formula is C24H29N5O2. The molecule has 1 N–H and O–H groups in total. The molecule has 3 aromatic rings. The summed E-state index contributed by atoms with van der Waals surface area (Å²) in [5, 5.41) is 7.55. The summed E-state index contributed by atoms with van der Waals surface area (Å²) < 4.78 is 7.12. The molecule has 0 spiro atoms. The molecule has 1 aromatic carbocycles. The minimum atomic E-state index is -0.214.